The first-order chi connectivity index (χ1) is 11.7. The van der Waals surface area contributed by atoms with Crippen LogP contribution in [0.4, 0.5) is 0 Å². The molecule has 1 fully saturated rings. The van der Waals surface area contributed by atoms with Crippen molar-refractivity contribution in [1.82, 2.24) is 15.1 Å². The molecule has 7 heteroatoms. The van der Waals surface area contributed by atoms with E-state index in [4.69, 9.17) is 9.47 Å². The molecule has 1 aromatic carbocycles. The van der Waals surface area contributed by atoms with Gasteiger partial charge in [-0.2, -0.15) is 5.10 Å². The number of nitrogens with zero attached hydrogens (tertiary/aromatic N) is 2. The normalized spacial score (nSPS) is 17.7. The lowest BCUT2D eigenvalue weighted by Crippen LogP contribution is -2.36. The minimum Gasteiger partial charge on any atom is -0.493 e. The molecule has 126 valence electrons. The standard InChI is InChI=1S/C17H19N3O4/c1-23-14-11-20(12-7-3-2-4-8-12)19-15(14)17(22)24-13-9-5-6-10-18-16(13)21/h2-4,7-8,11,13H,5-6,9-10H2,1H3,(H,18,21). The summed E-state index contributed by atoms with van der Waals surface area (Å²) in [6.07, 6.45) is 3.04. The van der Waals surface area contributed by atoms with Crippen molar-refractivity contribution in [2.24, 2.45) is 0 Å². The van der Waals surface area contributed by atoms with E-state index in [1.165, 1.54) is 7.11 Å². The van der Waals surface area contributed by atoms with Crippen LogP contribution in [-0.2, 0) is 9.53 Å². The Balaban J connectivity index is 1.81. The Morgan fingerprint density at radius 2 is 2.08 bits per heavy atom. The number of aromatic nitrogens is 2. The zero-order valence-corrected chi connectivity index (χ0v) is 13.4. The highest BCUT2D eigenvalue weighted by Crippen LogP contribution is 2.21. The summed E-state index contributed by atoms with van der Waals surface area (Å²) in [4.78, 5) is 24.4. The average molecular weight is 329 g/mol. The third kappa shape index (κ3) is 3.40. The summed E-state index contributed by atoms with van der Waals surface area (Å²) in [5, 5.41) is 6.99. The van der Waals surface area contributed by atoms with Crippen LogP contribution in [0.3, 0.4) is 0 Å². The summed E-state index contributed by atoms with van der Waals surface area (Å²) >= 11 is 0. The quantitative estimate of drug-likeness (QED) is 0.864. The summed E-state index contributed by atoms with van der Waals surface area (Å²) < 4.78 is 12.1. The number of methoxy groups -OCH3 is 1. The number of ether oxygens (including phenoxy) is 2. The molecule has 0 radical (unpaired) electrons. The second-order valence-corrected chi connectivity index (χ2v) is 5.51. The van der Waals surface area contributed by atoms with Crippen LogP contribution in [0.15, 0.2) is 36.5 Å². The highest BCUT2D eigenvalue weighted by atomic mass is 16.6. The highest BCUT2D eigenvalue weighted by molar-refractivity contribution is 5.93. The predicted molar refractivity (Wildman–Crippen MR) is 86.2 cm³/mol. The van der Waals surface area contributed by atoms with Crippen molar-refractivity contribution < 1.29 is 19.1 Å². The number of amides is 1. The van der Waals surface area contributed by atoms with E-state index in [2.05, 4.69) is 10.4 Å². The van der Waals surface area contributed by atoms with Crippen LogP contribution in [0.1, 0.15) is 29.8 Å². The van der Waals surface area contributed by atoms with Crippen molar-refractivity contribution in [1.29, 1.82) is 0 Å². The van der Waals surface area contributed by atoms with Gasteiger partial charge in [-0.3, -0.25) is 4.79 Å². The van der Waals surface area contributed by atoms with Crippen LogP contribution < -0.4 is 10.1 Å². The average Bonchev–Trinajstić information content (AvgIpc) is 2.95. The largest absolute Gasteiger partial charge is 0.493 e. The van der Waals surface area contributed by atoms with Gasteiger partial charge in [0.05, 0.1) is 19.0 Å². The van der Waals surface area contributed by atoms with E-state index >= 15 is 0 Å². The molecule has 1 saturated heterocycles. The van der Waals surface area contributed by atoms with Gasteiger partial charge in [0.1, 0.15) is 0 Å². The minimum absolute atomic E-state index is 0.0541. The number of nitrogens with one attached hydrogen (secondary N) is 1. The first-order valence-corrected chi connectivity index (χ1v) is 7.87. The third-order valence-corrected chi connectivity index (χ3v) is 3.85. The van der Waals surface area contributed by atoms with E-state index in [1.807, 2.05) is 30.3 Å². The van der Waals surface area contributed by atoms with Crippen molar-refractivity contribution >= 4 is 11.9 Å². The van der Waals surface area contributed by atoms with Gasteiger partial charge in [0.15, 0.2) is 11.9 Å². The van der Waals surface area contributed by atoms with Crippen LogP contribution in [0.25, 0.3) is 5.69 Å². The number of hydrogen-bond acceptors (Lipinski definition) is 5. The SMILES string of the molecule is COc1cn(-c2ccccc2)nc1C(=O)OC1CCCCNC1=O. The van der Waals surface area contributed by atoms with Gasteiger partial charge in [-0.1, -0.05) is 18.2 Å². The first-order valence-electron chi connectivity index (χ1n) is 7.87. The topological polar surface area (TPSA) is 82.5 Å². The Morgan fingerprint density at radius 1 is 1.29 bits per heavy atom. The second kappa shape index (κ2) is 7.16. The highest BCUT2D eigenvalue weighted by Gasteiger charge is 2.28. The molecule has 1 atom stereocenters. The summed E-state index contributed by atoms with van der Waals surface area (Å²) in [6.45, 7) is 0.610. The predicted octanol–water partition coefficient (Wildman–Crippen LogP) is 1.71. The molecular weight excluding hydrogens is 310 g/mol. The van der Waals surface area contributed by atoms with Crippen molar-refractivity contribution in [3.05, 3.63) is 42.2 Å². The number of para-hydroxylation sites is 1. The zero-order chi connectivity index (χ0) is 16.9. The van der Waals surface area contributed by atoms with Gasteiger partial charge in [0, 0.05) is 6.54 Å². The van der Waals surface area contributed by atoms with Crippen LogP contribution >= 0.6 is 0 Å². The van der Waals surface area contributed by atoms with Gasteiger partial charge in [-0.15, -0.1) is 0 Å². The van der Waals surface area contributed by atoms with Crippen molar-refractivity contribution in [3.63, 3.8) is 0 Å². The Bertz CT molecular complexity index is 727. The number of hydrogen-bond donors (Lipinski definition) is 1. The Kier molecular flexibility index (Phi) is 4.79. The minimum atomic E-state index is -0.786. The van der Waals surface area contributed by atoms with E-state index in [1.54, 1.807) is 10.9 Å². The monoisotopic (exact) mass is 329 g/mol. The van der Waals surface area contributed by atoms with Crippen LogP contribution in [-0.4, -0.2) is 41.4 Å². The maximum atomic E-state index is 12.4. The molecule has 0 spiro atoms. The lowest BCUT2D eigenvalue weighted by Gasteiger charge is -2.13. The summed E-state index contributed by atoms with van der Waals surface area (Å²) in [5.41, 5.74) is 0.848. The smallest absolute Gasteiger partial charge is 0.363 e. The molecule has 2 aromatic rings. The first kappa shape index (κ1) is 16.0. The number of carbonyl (C=O) groups is 2. The van der Waals surface area contributed by atoms with Gasteiger partial charge < -0.3 is 14.8 Å². The van der Waals surface area contributed by atoms with E-state index in [9.17, 15) is 9.59 Å². The molecule has 1 aliphatic rings. The van der Waals surface area contributed by atoms with E-state index in [-0.39, 0.29) is 11.6 Å². The number of carbonyl (C=O) groups excluding carboxylic acids is 2. The maximum absolute atomic E-state index is 12.4. The maximum Gasteiger partial charge on any atom is 0.363 e. The molecule has 0 bridgehead atoms. The molecule has 2 heterocycles. The van der Waals surface area contributed by atoms with Gasteiger partial charge >= 0.3 is 5.97 Å². The van der Waals surface area contributed by atoms with E-state index in [0.717, 1.165) is 18.5 Å². The lowest BCUT2D eigenvalue weighted by molar-refractivity contribution is -0.129. The van der Waals surface area contributed by atoms with Gasteiger partial charge in [0.25, 0.3) is 5.91 Å². The fraction of sp³-hybridized carbons (Fsp3) is 0.353. The van der Waals surface area contributed by atoms with Crippen LogP contribution in [0, 0.1) is 0 Å². The van der Waals surface area contributed by atoms with Gasteiger partial charge in [-0.25, -0.2) is 9.48 Å². The number of rotatable bonds is 4. The van der Waals surface area contributed by atoms with Crippen LogP contribution in [0.2, 0.25) is 0 Å². The molecule has 7 nitrogen and oxygen atoms in total. The molecular formula is C17H19N3O4. The summed E-state index contributed by atoms with van der Waals surface area (Å²) in [6, 6.07) is 9.36. The Labute approximate surface area is 139 Å². The van der Waals surface area contributed by atoms with Crippen LogP contribution in [0.5, 0.6) is 5.75 Å². The number of benzene rings is 1. The number of esters is 1. The molecule has 1 aromatic heterocycles. The molecule has 1 amide bonds. The molecule has 0 saturated carbocycles. The summed E-state index contributed by atoms with van der Waals surface area (Å²) in [5.74, 6) is -0.622. The van der Waals surface area contributed by atoms with Gasteiger partial charge in [0.2, 0.25) is 5.69 Å². The fourth-order valence-electron chi connectivity index (χ4n) is 2.57. The molecule has 1 aliphatic heterocycles. The fourth-order valence-corrected chi connectivity index (χ4v) is 2.57. The van der Waals surface area contributed by atoms with Crippen molar-refractivity contribution in [2.75, 3.05) is 13.7 Å². The Hall–Kier alpha value is -2.83. The lowest BCUT2D eigenvalue weighted by atomic mass is 10.2. The Morgan fingerprint density at radius 3 is 2.83 bits per heavy atom. The molecule has 1 unspecified atom stereocenters. The second-order valence-electron chi connectivity index (χ2n) is 5.51. The summed E-state index contributed by atoms with van der Waals surface area (Å²) in [7, 11) is 1.46. The van der Waals surface area contributed by atoms with Crippen molar-refractivity contribution in [3.8, 4) is 11.4 Å². The molecule has 3 rings (SSSR count). The zero-order valence-electron chi connectivity index (χ0n) is 13.4. The van der Waals surface area contributed by atoms with E-state index in [0.29, 0.717) is 18.7 Å². The van der Waals surface area contributed by atoms with E-state index < -0.39 is 12.1 Å². The molecule has 24 heavy (non-hydrogen) atoms. The third-order valence-electron chi connectivity index (χ3n) is 3.85. The van der Waals surface area contributed by atoms with Gasteiger partial charge in [-0.05, 0) is 31.4 Å². The molecule has 1 N–H and O–H groups in total. The van der Waals surface area contributed by atoms with Crippen molar-refractivity contribution in [2.45, 2.75) is 25.4 Å². The molecule has 0 aliphatic carbocycles.